The zero-order valence-corrected chi connectivity index (χ0v) is 16.2. The fraction of sp³-hybridized carbons (Fsp3) is 0.350. The minimum absolute atomic E-state index is 0.0950. The number of piperidine rings is 1. The van der Waals surface area contributed by atoms with E-state index in [-0.39, 0.29) is 5.91 Å². The Morgan fingerprint density at radius 1 is 1.15 bits per heavy atom. The van der Waals surface area contributed by atoms with Gasteiger partial charge in [0.05, 0.1) is 11.7 Å². The number of anilines is 1. The molecular weight excluding hydrogens is 358 g/mol. The van der Waals surface area contributed by atoms with Gasteiger partial charge in [-0.05, 0) is 61.9 Å². The molecule has 1 aliphatic rings. The summed E-state index contributed by atoms with van der Waals surface area (Å²) in [5.74, 6) is 0.0950. The van der Waals surface area contributed by atoms with Gasteiger partial charge in [0.1, 0.15) is 11.0 Å². The molecule has 1 amide bonds. The summed E-state index contributed by atoms with van der Waals surface area (Å²) >= 11 is 1.25. The second-order valence-electron chi connectivity index (χ2n) is 7.15. The van der Waals surface area contributed by atoms with Crippen molar-refractivity contribution in [2.75, 3.05) is 25.9 Å². The number of nitrogen functional groups attached to an aromatic ring is 1. The topological polar surface area (TPSA) is 75.4 Å². The van der Waals surface area contributed by atoms with Crippen molar-refractivity contribution in [2.45, 2.75) is 25.4 Å². The van der Waals surface area contributed by atoms with E-state index >= 15 is 0 Å². The molecule has 0 bridgehead atoms. The van der Waals surface area contributed by atoms with Gasteiger partial charge in [0.15, 0.2) is 0 Å². The van der Waals surface area contributed by atoms with Crippen LogP contribution in [0.25, 0.3) is 11.0 Å². The smallest absolute Gasteiger partial charge is 0.253 e. The Morgan fingerprint density at radius 3 is 2.59 bits per heavy atom. The Hall–Kier alpha value is -2.51. The minimum Gasteiger partial charge on any atom is -0.399 e. The number of aromatic nitrogens is 2. The second kappa shape index (κ2) is 7.62. The number of hydrogen-bond donors (Lipinski definition) is 1. The molecule has 140 valence electrons. The van der Waals surface area contributed by atoms with Crippen LogP contribution in [0.2, 0.25) is 0 Å². The average molecular weight is 382 g/mol. The van der Waals surface area contributed by atoms with Gasteiger partial charge < -0.3 is 10.6 Å². The lowest BCUT2D eigenvalue weighted by Gasteiger charge is -2.37. The van der Waals surface area contributed by atoms with Crippen molar-refractivity contribution < 1.29 is 4.79 Å². The van der Waals surface area contributed by atoms with Crippen molar-refractivity contribution in [3.05, 3.63) is 53.6 Å². The first-order valence-electron chi connectivity index (χ1n) is 9.16. The molecule has 2 heterocycles. The molecule has 0 radical (unpaired) electrons. The van der Waals surface area contributed by atoms with E-state index in [0.717, 1.165) is 43.5 Å². The summed E-state index contributed by atoms with van der Waals surface area (Å²) in [5.41, 5.74) is 10.3. The number of nitrogens with two attached hydrogens (primary N) is 1. The van der Waals surface area contributed by atoms with Crippen LogP contribution in [-0.4, -0.2) is 50.6 Å². The number of carbonyl (C=O) groups is 1. The molecule has 6 nitrogen and oxygen atoms in total. The highest BCUT2D eigenvalue weighted by molar-refractivity contribution is 7.00. The molecule has 0 unspecified atom stereocenters. The van der Waals surface area contributed by atoms with E-state index in [1.165, 1.54) is 17.3 Å². The first kappa shape index (κ1) is 17.9. The highest BCUT2D eigenvalue weighted by atomic mass is 32.1. The van der Waals surface area contributed by atoms with Crippen LogP contribution >= 0.6 is 11.7 Å². The largest absolute Gasteiger partial charge is 0.399 e. The van der Waals surface area contributed by atoms with Crippen molar-refractivity contribution in [1.29, 1.82) is 0 Å². The van der Waals surface area contributed by atoms with Crippen molar-refractivity contribution >= 4 is 34.4 Å². The predicted octanol–water partition coefficient (Wildman–Crippen LogP) is 3.01. The number of nitrogens with zero attached hydrogens (tertiary/aromatic N) is 4. The van der Waals surface area contributed by atoms with Crippen LogP contribution in [0.3, 0.4) is 0 Å². The van der Waals surface area contributed by atoms with Gasteiger partial charge in [-0.2, -0.15) is 8.75 Å². The van der Waals surface area contributed by atoms with Crippen LogP contribution in [-0.2, 0) is 6.54 Å². The van der Waals surface area contributed by atoms with Gasteiger partial charge in [-0.1, -0.05) is 6.07 Å². The number of rotatable bonds is 4. The molecule has 27 heavy (non-hydrogen) atoms. The first-order valence-corrected chi connectivity index (χ1v) is 9.89. The SMILES string of the molecule is CN(Cc1ccc2nsnc2c1)C1CCN(C(=O)c2ccc(N)cc2)CC1. The zero-order valence-electron chi connectivity index (χ0n) is 15.3. The number of amides is 1. The van der Waals surface area contributed by atoms with Crippen molar-refractivity contribution in [3.63, 3.8) is 0 Å². The van der Waals surface area contributed by atoms with E-state index in [9.17, 15) is 4.79 Å². The van der Waals surface area contributed by atoms with E-state index in [1.807, 2.05) is 11.0 Å². The lowest BCUT2D eigenvalue weighted by molar-refractivity contribution is 0.0639. The third-order valence-electron chi connectivity index (χ3n) is 5.28. The molecule has 7 heteroatoms. The van der Waals surface area contributed by atoms with Gasteiger partial charge in [-0.15, -0.1) is 0 Å². The third kappa shape index (κ3) is 3.94. The van der Waals surface area contributed by atoms with E-state index in [0.29, 0.717) is 17.3 Å². The molecule has 4 rings (SSSR count). The Labute approximate surface area is 162 Å². The minimum atomic E-state index is 0.0950. The summed E-state index contributed by atoms with van der Waals surface area (Å²) < 4.78 is 8.58. The fourth-order valence-corrected chi connectivity index (χ4v) is 4.18. The summed E-state index contributed by atoms with van der Waals surface area (Å²) in [4.78, 5) is 17.0. The molecule has 0 aliphatic carbocycles. The second-order valence-corrected chi connectivity index (χ2v) is 7.68. The Bertz CT molecular complexity index is 931. The van der Waals surface area contributed by atoms with E-state index in [4.69, 9.17) is 5.73 Å². The Morgan fingerprint density at radius 2 is 1.85 bits per heavy atom. The number of hydrogen-bond acceptors (Lipinski definition) is 6. The van der Waals surface area contributed by atoms with Gasteiger partial charge in [0, 0.05) is 36.9 Å². The van der Waals surface area contributed by atoms with Gasteiger partial charge in [0.2, 0.25) is 0 Å². The predicted molar refractivity (Wildman–Crippen MR) is 109 cm³/mol. The highest BCUT2D eigenvalue weighted by Gasteiger charge is 2.26. The van der Waals surface area contributed by atoms with Crippen LogP contribution in [0, 0.1) is 0 Å². The molecule has 2 aromatic carbocycles. The maximum atomic E-state index is 12.6. The summed E-state index contributed by atoms with van der Waals surface area (Å²) in [6, 6.07) is 13.9. The van der Waals surface area contributed by atoms with E-state index < -0.39 is 0 Å². The monoisotopic (exact) mass is 381 g/mol. The molecule has 0 saturated carbocycles. The van der Waals surface area contributed by atoms with E-state index in [1.54, 1.807) is 24.3 Å². The summed E-state index contributed by atoms with van der Waals surface area (Å²) in [6.07, 6.45) is 1.97. The molecule has 1 fully saturated rings. The number of likely N-dealkylation sites (tertiary alicyclic amines) is 1. The molecule has 1 aromatic heterocycles. The lowest BCUT2D eigenvalue weighted by Crippen LogP contribution is -2.45. The maximum Gasteiger partial charge on any atom is 0.253 e. The molecule has 1 aliphatic heterocycles. The molecule has 2 N–H and O–H groups in total. The molecular formula is C20H23N5OS. The van der Waals surface area contributed by atoms with E-state index in [2.05, 4.69) is 32.8 Å². The standard InChI is InChI=1S/C20H23N5OS/c1-24(13-14-2-7-18-19(12-14)23-27-22-18)17-8-10-25(11-9-17)20(26)15-3-5-16(21)6-4-15/h2-7,12,17H,8-11,13,21H2,1H3. The van der Waals surface area contributed by atoms with Gasteiger partial charge in [-0.3, -0.25) is 9.69 Å². The van der Waals surface area contributed by atoms with Crippen LogP contribution in [0.1, 0.15) is 28.8 Å². The number of carbonyl (C=O) groups excluding carboxylic acids is 1. The van der Waals surface area contributed by atoms with Crippen LogP contribution in [0.4, 0.5) is 5.69 Å². The number of fused-ring (bicyclic) bond motifs is 1. The van der Waals surface area contributed by atoms with Gasteiger partial charge in [0.25, 0.3) is 5.91 Å². The third-order valence-corrected chi connectivity index (χ3v) is 5.84. The number of benzene rings is 2. The molecule has 1 saturated heterocycles. The van der Waals surface area contributed by atoms with Gasteiger partial charge >= 0.3 is 0 Å². The Balaban J connectivity index is 1.34. The maximum absolute atomic E-state index is 12.6. The van der Waals surface area contributed by atoms with Gasteiger partial charge in [-0.25, -0.2) is 0 Å². The zero-order chi connectivity index (χ0) is 18.8. The first-order chi connectivity index (χ1) is 13.1. The summed E-state index contributed by atoms with van der Waals surface area (Å²) in [5, 5.41) is 0. The molecule has 3 aromatic rings. The summed E-state index contributed by atoms with van der Waals surface area (Å²) in [7, 11) is 2.16. The highest BCUT2D eigenvalue weighted by Crippen LogP contribution is 2.21. The van der Waals surface area contributed by atoms with Crippen molar-refractivity contribution in [1.82, 2.24) is 18.5 Å². The normalized spacial score (nSPS) is 15.6. The molecule has 0 spiro atoms. The quantitative estimate of drug-likeness (QED) is 0.703. The van der Waals surface area contributed by atoms with Crippen LogP contribution in [0.5, 0.6) is 0 Å². The fourth-order valence-electron chi connectivity index (χ4n) is 3.66. The van der Waals surface area contributed by atoms with Crippen LogP contribution in [0.15, 0.2) is 42.5 Å². The average Bonchev–Trinajstić information content (AvgIpc) is 3.16. The molecule has 0 atom stereocenters. The summed E-state index contributed by atoms with van der Waals surface area (Å²) in [6.45, 7) is 2.45. The van der Waals surface area contributed by atoms with Crippen molar-refractivity contribution in [3.8, 4) is 0 Å². The Kier molecular flexibility index (Phi) is 5.05. The van der Waals surface area contributed by atoms with Crippen LogP contribution < -0.4 is 5.73 Å². The lowest BCUT2D eigenvalue weighted by atomic mass is 10.0. The van der Waals surface area contributed by atoms with Crippen molar-refractivity contribution in [2.24, 2.45) is 0 Å².